The molecule has 0 aliphatic carbocycles. The van der Waals surface area contributed by atoms with Crippen LogP contribution in [0, 0.1) is 0 Å². The first-order valence-electron chi connectivity index (χ1n) is 7.61. The molecule has 0 saturated carbocycles. The number of aromatic nitrogens is 2. The molecular formula is C18H16ClN3O2. The maximum Gasteiger partial charge on any atom is 0.258 e. The second-order valence-corrected chi connectivity index (χ2v) is 5.81. The normalized spacial score (nSPS) is 10.7. The summed E-state index contributed by atoms with van der Waals surface area (Å²) < 4.78 is 0. The summed E-state index contributed by atoms with van der Waals surface area (Å²) in [4.78, 5) is 31.1. The Balaban J connectivity index is 1.60. The number of halogens is 1. The van der Waals surface area contributed by atoms with E-state index in [-0.39, 0.29) is 17.9 Å². The molecule has 0 aliphatic heterocycles. The van der Waals surface area contributed by atoms with E-state index in [0.29, 0.717) is 34.7 Å². The monoisotopic (exact) mass is 341 g/mol. The van der Waals surface area contributed by atoms with E-state index in [9.17, 15) is 9.59 Å². The molecule has 0 aliphatic rings. The molecule has 0 unspecified atom stereocenters. The summed E-state index contributed by atoms with van der Waals surface area (Å²) in [6.45, 7) is 0.375. The van der Waals surface area contributed by atoms with E-state index in [1.807, 2.05) is 24.3 Å². The molecule has 0 spiro atoms. The third-order valence-electron chi connectivity index (χ3n) is 3.68. The molecule has 1 aromatic heterocycles. The van der Waals surface area contributed by atoms with Gasteiger partial charge >= 0.3 is 0 Å². The van der Waals surface area contributed by atoms with Crippen LogP contribution >= 0.6 is 11.6 Å². The van der Waals surface area contributed by atoms with Crippen LogP contribution in [0.1, 0.15) is 17.8 Å². The number of benzene rings is 2. The summed E-state index contributed by atoms with van der Waals surface area (Å²) in [5.74, 6) is 0.386. The average Bonchev–Trinajstić information content (AvgIpc) is 2.59. The second kappa shape index (κ2) is 7.27. The molecule has 24 heavy (non-hydrogen) atoms. The van der Waals surface area contributed by atoms with Gasteiger partial charge in [0.25, 0.3) is 5.56 Å². The van der Waals surface area contributed by atoms with Crippen molar-refractivity contribution in [2.75, 3.05) is 0 Å². The van der Waals surface area contributed by atoms with Crippen LogP contribution in [0.4, 0.5) is 0 Å². The molecule has 0 bridgehead atoms. The number of nitrogens with zero attached hydrogens (tertiary/aromatic N) is 1. The van der Waals surface area contributed by atoms with Gasteiger partial charge in [-0.25, -0.2) is 4.98 Å². The zero-order valence-electron chi connectivity index (χ0n) is 12.9. The number of aryl methyl sites for hydroxylation is 1. The molecular weight excluding hydrogens is 326 g/mol. The van der Waals surface area contributed by atoms with Gasteiger partial charge in [-0.15, -0.1) is 0 Å². The number of carbonyl (C=O) groups excluding carboxylic acids is 1. The van der Waals surface area contributed by atoms with Crippen molar-refractivity contribution in [1.29, 1.82) is 0 Å². The van der Waals surface area contributed by atoms with Crippen LogP contribution in [-0.4, -0.2) is 15.9 Å². The minimum Gasteiger partial charge on any atom is -0.352 e. The Kier molecular flexibility index (Phi) is 4.91. The van der Waals surface area contributed by atoms with E-state index in [0.717, 1.165) is 5.56 Å². The van der Waals surface area contributed by atoms with Crippen molar-refractivity contribution in [3.05, 3.63) is 75.3 Å². The molecule has 122 valence electrons. The Morgan fingerprint density at radius 3 is 2.71 bits per heavy atom. The van der Waals surface area contributed by atoms with E-state index in [1.165, 1.54) is 0 Å². The molecule has 1 amide bonds. The van der Waals surface area contributed by atoms with Gasteiger partial charge in [0.1, 0.15) is 5.82 Å². The minimum absolute atomic E-state index is 0.120. The van der Waals surface area contributed by atoms with Gasteiger partial charge in [0.15, 0.2) is 0 Å². The Morgan fingerprint density at radius 1 is 1.12 bits per heavy atom. The molecule has 0 fully saturated rings. The molecule has 2 N–H and O–H groups in total. The van der Waals surface area contributed by atoms with Gasteiger partial charge in [0.2, 0.25) is 5.91 Å². The number of carbonyl (C=O) groups is 1. The van der Waals surface area contributed by atoms with Crippen LogP contribution in [0.25, 0.3) is 10.9 Å². The Bertz CT molecular complexity index is 937. The highest BCUT2D eigenvalue weighted by Crippen LogP contribution is 2.14. The number of fused-ring (bicyclic) bond motifs is 1. The summed E-state index contributed by atoms with van der Waals surface area (Å²) in [6, 6.07) is 14.5. The fraction of sp³-hybridized carbons (Fsp3) is 0.167. The Labute approximate surface area is 143 Å². The van der Waals surface area contributed by atoms with Crippen molar-refractivity contribution in [3.8, 4) is 0 Å². The summed E-state index contributed by atoms with van der Waals surface area (Å²) in [5.41, 5.74) is 1.31. The van der Waals surface area contributed by atoms with Gasteiger partial charge < -0.3 is 10.3 Å². The molecule has 0 atom stereocenters. The quantitative estimate of drug-likeness (QED) is 0.749. The van der Waals surface area contributed by atoms with Crippen LogP contribution in [-0.2, 0) is 17.8 Å². The first-order valence-corrected chi connectivity index (χ1v) is 7.99. The van der Waals surface area contributed by atoms with Gasteiger partial charge in [-0.1, -0.05) is 41.9 Å². The lowest BCUT2D eigenvalue weighted by atomic mass is 10.2. The first kappa shape index (κ1) is 16.2. The number of hydrogen-bond donors (Lipinski definition) is 2. The predicted octanol–water partition coefficient (Wildman–Crippen LogP) is 2.83. The van der Waals surface area contributed by atoms with Crippen LogP contribution in [0.15, 0.2) is 53.3 Å². The highest BCUT2D eigenvalue weighted by molar-refractivity contribution is 6.31. The maximum absolute atomic E-state index is 12.0. The van der Waals surface area contributed by atoms with Crippen molar-refractivity contribution in [1.82, 2.24) is 15.3 Å². The summed E-state index contributed by atoms with van der Waals surface area (Å²) in [7, 11) is 0. The number of aromatic amines is 1. The van der Waals surface area contributed by atoms with Crippen LogP contribution in [0.2, 0.25) is 5.02 Å². The van der Waals surface area contributed by atoms with Gasteiger partial charge in [-0.3, -0.25) is 9.59 Å². The van der Waals surface area contributed by atoms with E-state index in [2.05, 4.69) is 15.3 Å². The standard InChI is InChI=1S/C18H16ClN3O2/c19-14-7-3-1-5-12(14)11-20-17(23)10-9-16-21-15-8-4-2-6-13(15)18(24)22-16/h1-8H,9-11H2,(H,20,23)(H,21,22,24). The van der Waals surface area contributed by atoms with Crippen molar-refractivity contribution in [2.24, 2.45) is 0 Å². The van der Waals surface area contributed by atoms with E-state index < -0.39 is 0 Å². The highest BCUT2D eigenvalue weighted by Gasteiger charge is 2.07. The van der Waals surface area contributed by atoms with Gasteiger partial charge in [0.05, 0.1) is 10.9 Å². The average molecular weight is 342 g/mol. The zero-order chi connectivity index (χ0) is 16.9. The molecule has 5 nitrogen and oxygen atoms in total. The molecule has 1 heterocycles. The minimum atomic E-state index is -0.188. The molecule has 3 aromatic rings. The maximum atomic E-state index is 12.0. The number of hydrogen-bond acceptors (Lipinski definition) is 3. The molecule has 3 rings (SSSR count). The topological polar surface area (TPSA) is 74.8 Å². The van der Waals surface area contributed by atoms with E-state index in [1.54, 1.807) is 24.3 Å². The molecule has 0 radical (unpaired) electrons. The summed E-state index contributed by atoms with van der Waals surface area (Å²) in [6.07, 6.45) is 0.611. The number of para-hydroxylation sites is 1. The predicted molar refractivity (Wildman–Crippen MR) is 94.0 cm³/mol. The smallest absolute Gasteiger partial charge is 0.258 e. The van der Waals surface area contributed by atoms with E-state index >= 15 is 0 Å². The lowest BCUT2D eigenvalue weighted by Crippen LogP contribution is -2.24. The van der Waals surface area contributed by atoms with Crippen molar-refractivity contribution in [3.63, 3.8) is 0 Å². The zero-order valence-corrected chi connectivity index (χ0v) is 13.6. The van der Waals surface area contributed by atoms with Crippen LogP contribution in [0.5, 0.6) is 0 Å². The lowest BCUT2D eigenvalue weighted by molar-refractivity contribution is -0.121. The second-order valence-electron chi connectivity index (χ2n) is 5.40. The largest absolute Gasteiger partial charge is 0.352 e. The molecule has 0 saturated heterocycles. The van der Waals surface area contributed by atoms with Crippen LogP contribution in [0.3, 0.4) is 0 Å². The number of nitrogens with one attached hydrogen (secondary N) is 2. The third-order valence-corrected chi connectivity index (χ3v) is 4.05. The number of rotatable bonds is 5. The van der Waals surface area contributed by atoms with Crippen LogP contribution < -0.4 is 10.9 Å². The Hall–Kier alpha value is -2.66. The van der Waals surface area contributed by atoms with Crippen molar-refractivity contribution in [2.45, 2.75) is 19.4 Å². The van der Waals surface area contributed by atoms with Gasteiger partial charge in [-0.05, 0) is 23.8 Å². The van der Waals surface area contributed by atoms with Gasteiger partial charge in [0, 0.05) is 24.4 Å². The highest BCUT2D eigenvalue weighted by atomic mass is 35.5. The number of H-pyrrole nitrogens is 1. The third kappa shape index (κ3) is 3.81. The Morgan fingerprint density at radius 2 is 1.88 bits per heavy atom. The molecule has 6 heteroatoms. The van der Waals surface area contributed by atoms with Gasteiger partial charge in [-0.2, -0.15) is 0 Å². The van der Waals surface area contributed by atoms with E-state index in [4.69, 9.17) is 11.6 Å². The molecule has 2 aromatic carbocycles. The number of amides is 1. The van der Waals surface area contributed by atoms with Crippen molar-refractivity contribution >= 4 is 28.4 Å². The first-order chi connectivity index (χ1) is 11.6. The van der Waals surface area contributed by atoms with Crippen molar-refractivity contribution < 1.29 is 4.79 Å². The fourth-order valence-corrected chi connectivity index (χ4v) is 2.61. The SMILES string of the molecule is O=C(CCc1nc2ccccc2c(=O)[nH]1)NCc1ccccc1Cl. The summed E-state index contributed by atoms with van der Waals surface area (Å²) >= 11 is 6.05. The summed E-state index contributed by atoms with van der Waals surface area (Å²) in [5, 5.41) is 3.99. The fourth-order valence-electron chi connectivity index (χ4n) is 2.41. The lowest BCUT2D eigenvalue weighted by Gasteiger charge is -2.07.